The van der Waals surface area contributed by atoms with E-state index in [0.29, 0.717) is 16.1 Å². The van der Waals surface area contributed by atoms with Crippen LogP contribution in [0.2, 0.25) is 5.02 Å². The van der Waals surface area contributed by atoms with Gasteiger partial charge in [0.25, 0.3) is 0 Å². The van der Waals surface area contributed by atoms with Gasteiger partial charge in [-0.15, -0.1) is 0 Å². The summed E-state index contributed by atoms with van der Waals surface area (Å²) >= 11 is 5.80. The molecule has 0 saturated heterocycles. The van der Waals surface area contributed by atoms with Gasteiger partial charge in [0.05, 0.1) is 13.0 Å². The lowest BCUT2D eigenvalue weighted by atomic mass is 10.1. The van der Waals surface area contributed by atoms with E-state index in [2.05, 4.69) is 21.9 Å². The highest BCUT2D eigenvalue weighted by Gasteiger charge is 2.05. The minimum Gasteiger partial charge on any atom is -0.481 e. The molecule has 0 amide bonds. The van der Waals surface area contributed by atoms with Crippen LogP contribution in [0.5, 0.6) is 0 Å². The monoisotopic (exact) mass is 249 g/mol. The fourth-order valence-electron chi connectivity index (χ4n) is 1.18. The van der Waals surface area contributed by atoms with Crippen molar-refractivity contribution in [3.63, 3.8) is 0 Å². The molecule has 5 nitrogen and oxygen atoms in total. The second-order valence-corrected chi connectivity index (χ2v) is 3.50. The Bertz CT molecular complexity index is 539. The van der Waals surface area contributed by atoms with Crippen molar-refractivity contribution in [2.45, 2.75) is 6.42 Å². The maximum Gasteiger partial charge on any atom is 0.307 e. The van der Waals surface area contributed by atoms with Crippen LogP contribution in [0.1, 0.15) is 11.1 Å². The van der Waals surface area contributed by atoms with E-state index in [1.54, 1.807) is 18.2 Å². The highest BCUT2D eigenvalue weighted by Crippen LogP contribution is 2.15. The van der Waals surface area contributed by atoms with Gasteiger partial charge >= 0.3 is 5.97 Å². The molecule has 0 aliphatic carbocycles. The maximum atomic E-state index is 10.6. The Morgan fingerprint density at radius 2 is 2.35 bits per heavy atom. The van der Waals surface area contributed by atoms with E-state index in [9.17, 15) is 4.79 Å². The molecule has 1 aromatic rings. The number of azide groups is 1. The third kappa shape index (κ3) is 4.47. The number of rotatable bonds is 3. The molecule has 0 saturated carbocycles. The lowest BCUT2D eigenvalue weighted by Crippen LogP contribution is -2.02. The van der Waals surface area contributed by atoms with Gasteiger partial charge in [-0.25, -0.2) is 0 Å². The molecule has 0 radical (unpaired) electrons. The second kappa shape index (κ2) is 6.44. The van der Waals surface area contributed by atoms with Crippen LogP contribution in [0, 0.1) is 11.8 Å². The van der Waals surface area contributed by atoms with Crippen molar-refractivity contribution in [1.29, 1.82) is 0 Å². The molecule has 0 aliphatic rings. The number of hydrogen-bond donors (Lipinski definition) is 1. The minimum atomic E-state index is -0.939. The van der Waals surface area contributed by atoms with E-state index in [-0.39, 0.29) is 13.0 Å². The van der Waals surface area contributed by atoms with Gasteiger partial charge in [-0.2, -0.15) is 0 Å². The Hall–Kier alpha value is -2.15. The summed E-state index contributed by atoms with van der Waals surface area (Å²) in [6.45, 7) is 0.0372. The molecule has 6 heteroatoms. The molecule has 0 unspecified atom stereocenters. The summed E-state index contributed by atoms with van der Waals surface area (Å²) in [6.07, 6.45) is -0.122. The molecule has 0 spiro atoms. The molecular weight excluding hydrogens is 242 g/mol. The maximum absolute atomic E-state index is 10.6. The van der Waals surface area contributed by atoms with Crippen LogP contribution in [-0.2, 0) is 11.2 Å². The summed E-state index contributed by atoms with van der Waals surface area (Å²) < 4.78 is 0. The molecule has 0 aromatic heterocycles. The molecule has 0 bridgehead atoms. The standard InChI is InChI=1S/C11H8ClN3O2/c12-10-4-3-9(7-11(16)17)8(6-10)2-1-5-14-15-13/h3-4,6H,5,7H2,(H,16,17). The fraction of sp³-hybridized carbons (Fsp3) is 0.182. The van der Waals surface area contributed by atoms with Crippen molar-refractivity contribution in [1.82, 2.24) is 0 Å². The number of benzene rings is 1. The van der Waals surface area contributed by atoms with Crippen LogP contribution in [0.15, 0.2) is 23.3 Å². The summed E-state index contributed by atoms with van der Waals surface area (Å²) in [5.74, 6) is 4.41. The fourth-order valence-corrected chi connectivity index (χ4v) is 1.36. The first-order valence-corrected chi connectivity index (χ1v) is 5.01. The lowest BCUT2D eigenvalue weighted by Gasteiger charge is -2.01. The van der Waals surface area contributed by atoms with E-state index in [0.717, 1.165) is 0 Å². The van der Waals surface area contributed by atoms with E-state index in [1.165, 1.54) is 0 Å². The van der Waals surface area contributed by atoms with Gasteiger partial charge in [0.2, 0.25) is 0 Å². The Morgan fingerprint density at radius 3 is 3.00 bits per heavy atom. The molecule has 17 heavy (non-hydrogen) atoms. The number of aliphatic carboxylic acids is 1. The number of hydrogen-bond acceptors (Lipinski definition) is 2. The van der Waals surface area contributed by atoms with E-state index in [1.807, 2.05) is 0 Å². The van der Waals surface area contributed by atoms with Crippen molar-refractivity contribution < 1.29 is 9.90 Å². The number of halogens is 1. The van der Waals surface area contributed by atoms with E-state index < -0.39 is 5.97 Å². The van der Waals surface area contributed by atoms with Crippen LogP contribution in [0.25, 0.3) is 10.4 Å². The number of carboxylic acids is 1. The Balaban J connectivity index is 3.00. The van der Waals surface area contributed by atoms with Crippen molar-refractivity contribution in [2.75, 3.05) is 6.54 Å². The van der Waals surface area contributed by atoms with Crippen LogP contribution in [0.4, 0.5) is 0 Å². The first kappa shape index (κ1) is 12.9. The zero-order valence-corrected chi connectivity index (χ0v) is 9.48. The van der Waals surface area contributed by atoms with E-state index in [4.69, 9.17) is 22.2 Å². The molecule has 1 rings (SSSR count). The highest BCUT2D eigenvalue weighted by molar-refractivity contribution is 6.30. The zero-order valence-electron chi connectivity index (χ0n) is 8.72. The third-order valence-corrected chi connectivity index (χ3v) is 2.08. The topological polar surface area (TPSA) is 86.1 Å². The van der Waals surface area contributed by atoms with E-state index >= 15 is 0 Å². The highest BCUT2D eigenvalue weighted by atomic mass is 35.5. The van der Waals surface area contributed by atoms with Crippen molar-refractivity contribution >= 4 is 17.6 Å². The summed E-state index contributed by atoms with van der Waals surface area (Å²) in [5, 5.41) is 12.5. The van der Waals surface area contributed by atoms with Gasteiger partial charge in [0, 0.05) is 15.5 Å². The van der Waals surface area contributed by atoms with Crippen LogP contribution in [-0.4, -0.2) is 17.6 Å². The van der Waals surface area contributed by atoms with Crippen LogP contribution < -0.4 is 0 Å². The molecule has 0 heterocycles. The minimum absolute atomic E-state index is 0.0372. The number of nitrogens with zero attached hydrogens (tertiary/aromatic N) is 3. The predicted octanol–water partition coefficient (Wildman–Crippen LogP) is 2.63. The molecule has 0 fully saturated rings. The van der Waals surface area contributed by atoms with Gasteiger partial charge in [-0.1, -0.05) is 34.6 Å². The van der Waals surface area contributed by atoms with Crippen molar-refractivity contribution in [2.24, 2.45) is 5.11 Å². The quantitative estimate of drug-likeness (QED) is 0.386. The predicted molar refractivity (Wildman–Crippen MR) is 63.7 cm³/mol. The first-order chi connectivity index (χ1) is 8.13. The lowest BCUT2D eigenvalue weighted by molar-refractivity contribution is -0.136. The van der Waals surface area contributed by atoms with Gasteiger partial charge < -0.3 is 5.11 Å². The molecule has 1 N–H and O–H groups in total. The van der Waals surface area contributed by atoms with Crippen molar-refractivity contribution in [3.05, 3.63) is 44.8 Å². The molecule has 0 atom stereocenters. The average Bonchev–Trinajstić information content (AvgIpc) is 2.27. The SMILES string of the molecule is [N-]=[N+]=NCC#Cc1cc(Cl)ccc1CC(=O)O. The molecule has 1 aromatic carbocycles. The van der Waals surface area contributed by atoms with Gasteiger partial charge in [-0.3, -0.25) is 4.79 Å². The third-order valence-electron chi connectivity index (χ3n) is 1.85. The largest absolute Gasteiger partial charge is 0.481 e. The van der Waals surface area contributed by atoms with Crippen LogP contribution in [0.3, 0.4) is 0 Å². The summed E-state index contributed by atoms with van der Waals surface area (Å²) in [6, 6.07) is 4.81. The molecule has 0 aliphatic heterocycles. The Labute approximate surface area is 103 Å². The Morgan fingerprint density at radius 1 is 1.59 bits per heavy atom. The smallest absolute Gasteiger partial charge is 0.307 e. The second-order valence-electron chi connectivity index (χ2n) is 3.06. The van der Waals surface area contributed by atoms with Gasteiger partial charge in [0.1, 0.15) is 0 Å². The summed E-state index contributed by atoms with van der Waals surface area (Å²) in [5.41, 5.74) is 9.19. The Kier molecular flexibility index (Phi) is 4.89. The van der Waals surface area contributed by atoms with Crippen molar-refractivity contribution in [3.8, 4) is 11.8 Å². The molecule has 86 valence electrons. The average molecular weight is 250 g/mol. The zero-order chi connectivity index (χ0) is 12.7. The van der Waals surface area contributed by atoms with Gasteiger partial charge in [0.15, 0.2) is 0 Å². The first-order valence-electron chi connectivity index (χ1n) is 4.63. The van der Waals surface area contributed by atoms with Gasteiger partial charge in [-0.05, 0) is 23.2 Å². The summed E-state index contributed by atoms with van der Waals surface area (Å²) in [7, 11) is 0. The number of carboxylic acid groups (broad SMARTS) is 1. The molecular formula is C11H8ClN3O2. The van der Waals surface area contributed by atoms with Crippen LogP contribution >= 0.6 is 11.6 Å². The summed E-state index contributed by atoms with van der Waals surface area (Å²) in [4.78, 5) is 13.2. The normalized spacial score (nSPS) is 8.76. The number of carbonyl (C=O) groups is 1.